The molecule has 0 spiro atoms. The first kappa shape index (κ1) is 9.02. The molecule has 1 aromatic rings. The van der Waals surface area contributed by atoms with Gasteiger partial charge in [0.25, 0.3) is 0 Å². The summed E-state index contributed by atoms with van der Waals surface area (Å²) in [5.74, 6) is 0. The number of nitrogens with zero attached hydrogens (tertiary/aromatic N) is 1. The number of hydrogen-bond donors (Lipinski definition) is 0. The average Bonchev–Trinajstić information content (AvgIpc) is 2.08. The molecule has 2 heteroatoms. The lowest BCUT2D eigenvalue weighted by molar-refractivity contribution is 1.41. The maximum Gasteiger partial charge on any atom is 0.0912 e. The monoisotopic (exact) mass is 221 g/mol. The van der Waals surface area contributed by atoms with Crippen molar-refractivity contribution >= 4 is 22.0 Å². The smallest absolute Gasteiger partial charge is 0.0912 e. The molecule has 0 bridgehead atoms. The Labute approximate surface area is 80.5 Å². The zero-order valence-corrected chi connectivity index (χ0v) is 8.30. The number of allylic oxidation sites excluding steroid dienone is 1. The van der Waals surface area contributed by atoms with Gasteiger partial charge in [-0.05, 0) is 30.2 Å². The number of benzene rings is 1. The van der Waals surface area contributed by atoms with Crippen LogP contribution < -0.4 is 0 Å². The van der Waals surface area contributed by atoms with Gasteiger partial charge < -0.3 is 0 Å². The van der Waals surface area contributed by atoms with E-state index in [0.717, 1.165) is 15.6 Å². The minimum absolute atomic E-state index is 1.07. The van der Waals surface area contributed by atoms with Crippen molar-refractivity contribution in [1.29, 1.82) is 5.26 Å². The third-order valence-corrected chi connectivity index (χ3v) is 2.51. The fourth-order valence-electron chi connectivity index (χ4n) is 0.932. The SMILES string of the molecule is Cc1c(Br)cccc1C=CC#N. The molecule has 0 unspecified atom stereocenters. The molecule has 0 aliphatic heterocycles. The summed E-state index contributed by atoms with van der Waals surface area (Å²) in [6.07, 6.45) is 3.29. The molecule has 0 amide bonds. The summed E-state index contributed by atoms with van der Waals surface area (Å²) < 4.78 is 1.07. The van der Waals surface area contributed by atoms with Crippen LogP contribution in [0.5, 0.6) is 0 Å². The van der Waals surface area contributed by atoms with E-state index >= 15 is 0 Å². The van der Waals surface area contributed by atoms with Gasteiger partial charge in [-0.25, -0.2) is 0 Å². The molecule has 1 aromatic carbocycles. The van der Waals surface area contributed by atoms with Crippen LogP contribution in [0.25, 0.3) is 6.08 Å². The molecule has 0 heterocycles. The quantitative estimate of drug-likeness (QED) is 0.668. The van der Waals surface area contributed by atoms with Gasteiger partial charge in [0.05, 0.1) is 6.07 Å². The van der Waals surface area contributed by atoms with Crippen LogP contribution >= 0.6 is 15.9 Å². The van der Waals surface area contributed by atoms with Crippen molar-refractivity contribution in [3.63, 3.8) is 0 Å². The van der Waals surface area contributed by atoms with Crippen molar-refractivity contribution in [2.45, 2.75) is 6.92 Å². The van der Waals surface area contributed by atoms with Crippen molar-refractivity contribution in [2.24, 2.45) is 0 Å². The molecule has 60 valence electrons. The normalized spacial score (nSPS) is 10.1. The molecule has 0 N–H and O–H groups in total. The third kappa shape index (κ3) is 1.96. The Morgan fingerprint density at radius 2 is 2.25 bits per heavy atom. The summed E-state index contributed by atoms with van der Waals surface area (Å²) in [5, 5.41) is 8.34. The van der Waals surface area contributed by atoms with E-state index in [4.69, 9.17) is 5.26 Å². The lowest BCUT2D eigenvalue weighted by atomic mass is 10.1. The van der Waals surface area contributed by atoms with Crippen LogP contribution in [-0.2, 0) is 0 Å². The molecule has 0 saturated carbocycles. The molecule has 0 aromatic heterocycles. The summed E-state index contributed by atoms with van der Waals surface area (Å²) in [4.78, 5) is 0. The molecule has 12 heavy (non-hydrogen) atoms. The summed E-state index contributed by atoms with van der Waals surface area (Å²) in [5.41, 5.74) is 2.23. The maximum absolute atomic E-state index is 8.34. The fraction of sp³-hybridized carbons (Fsp3) is 0.100. The zero-order chi connectivity index (χ0) is 8.97. The Morgan fingerprint density at radius 3 is 2.92 bits per heavy atom. The Hall–Kier alpha value is -1.07. The molecular weight excluding hydrogens is 214 g/mol. The van der Waals surface area contributed by atoms with E-state index in [2.05, 4.69) is 15.9 Å². The van der Waals surface area contributed by atoms with Gasteiger partial charge in [-0.2, -0.15) is 5.26 Å². The van der Waals surface area contributed by atoms with Gasteiger partial charge in [-0.3, -0.25) is 0 Å². The van der Waals surface area contributed by atoms with Crippen molar-refractivity contribution in [3.05, 3.63) is 39.9 Å². The standard InChI is InChI=1S/C10H8BrN/c1-8-9(5-3-7-12)4-2-6-10(8)11/h2-6H,1H3. The second-order valence-corrected chi connectivity index (χ2v) is 3.27. The van der Waals surface area contributed by atoms with Gasteiger partial charge in [0, 0.05) is 10.5 Å². The van der Waals surface area contributed by atoms with Crippen molar-refractivity contribution in [2.75, 3.05) is 0 Å². The molecule has 0 atom stereocenters. The van der Waals surface area contributed by atoms with Crippen molar-refractivity contribution in [1.82, 2.24) is 0 Å². The number of rotatable bonds is 1. The van der Waals surface area contributed by atoms with Crippen molar-refractivity contribution < 1.29 is 0 Å². The van der Waals surface area contributed by atoms with Crippen molar-refractivity contribution in [3.8, 4) is 6.07 Å². The van der Waals surface area contributed by atoms with Gasteiger partial charge in [0.2, 0.25) is 0 Å². The van der Waals surface area contributed by atoms with Gasteiger partial charge in [-0.15, -0.1) is 0 Å². The van der Waals surface area contributed by atoms with E-state index in [1.54, 1.807) is 6.08 Å². The lowest BCUT2D eigenvalue weighted by Gasteiger charge is -2.00. The molecule has 0 aliphatic carbocycles. The van der Waals surface area contributed by atoms with Crippen LogP contribution in [0, 0.1) is 18.3 Å². The molecule has 1 nitrogen and oxygen atoms in total. The summed E-state index contributed by atoms with van der Waals surface area (Å²) in [6, 6.07) is 7.88. The van der Waals surface area contributed by atoms with Gasteiger partial charge in [0.15, 0.2) is 0 Å². The van der Waals surface area contributed by atoms with E-state index in [-0.39, 0.29) is 0 Å². The maximum atomic E-state index is 8.34. The zero-order valence-electron chi connectivity index (χ0n) is 6.71. The predicted molar refractivity (Wildman–Crippen MR) is 53.5 cm³/mol. The number of nitriles is 1. The lowest BCUT2D eigenvalue weighted by Crippen LogP contribution is -1.80. The van der Waals surface area contributed by atoms with E-state index in [1.807, 2.05) is 31.2 Å². The Bertz CT molecular complexity index is 347. The minimum Gasteiger partial charge on any atom is -0.193 e. The molecular formula is C10H8BrN. The Kier molecular flexibility index (Phi) is 3.07. The highest BCUT2D eigenvalue weighted by Crippen LogP contribution is 2.20. The second-order valence-electron chi connectivity index (χ2n) is 2.42. The van der Waals surface area contributed by atoms with Gasteiger partial charge in [-0.1, -0.05) is 28.1 Å². The van der Waals surface area contributed by atoms with E-state index in [9.17, 15) is 0 Å². The third-order valence-electron chi connectivity index (χ3n) is 1.65. The fourth-order valence-corrected chi connectivity index (χ4v) is 1.31. The first-order chi connectivity index (χ1) is 5.75. The summed E-state index contributed by atoms with van der Waals surface area (Å²) in [6.45, 7) is 2.02. The Balaban J connectivity index is 3.10. The summed E-state index contributed by atoms with van der Waals surface area (Å²) >= 11 is 3.42. The molecule has 0 aliphatic rings. The van der Waals surface area contributed by atoms with Gasteiger partial charge in [0.1, 0.15) is 0 Å². The number of halogens is 1. The first-order valence-corrected chi connectivity index (χ1v) is 4.36. The predicted octanol–water partition coefficient (Wildman–Crippen LogP) is 3.29. The topological polar surface area (TPSA) is 23.8 Å². The van der Waals surface area contributed by atoms with E-state index in [1.165, 1.54) is 6.08 Å². The van der Waals surface area contributed by atoms with Crippen LogP contribution in [0.4, 0.5) is 0 Å². The molecule has 0 saturated heterocycles. The summed E-state index contributed by atoms with van der Waals surface area (Å²) in [7, 11) is 0. The van der Waals surface area contributed by atoms with E-state index in [0.29, 0.717) is 0 Å². The number of hydrogen-bond acceptors (Lipinski definition) is 1. The average molecular weight is 222 g/mol. The minimum atomic E-state index is 1.07. The largest absolute Gasteiger partial charge is 0.193 e. The molecule has 0 radical (unpaired) electrons. The van der Waals surface area contributed by atoms with Crippen LogP contribution in [0.1, 0.15) is 11.1 Å². The van der Waals surface area contributed by atoms with Crippen LogP contribution in [-0.4, -0.2) is 0 Å². The highest BCUT2D eigenvalue weighted by atomic mass is 79.9. The molecule has 0 fully saturated rings. The highest BCUT2D eigenvalue weighted by molar-refractivity contribution is 9.10. The Morgan fingerprint density at radius 1 is 1.50 bits per heavy atom. The van der Waals surface area contributed by atoms with Crippen LogP contribution in [0.3, 0.4) is 0 Å². The van der Waals surface area contributed by atoms with Crippen LogP contribution in [0.15, 0.2) is 28.7 Å². The van der Waals surface area contributed by atoms with Gasteiger partial charge >= 0.3 is 0 Å². The second kappa shape index (κ2) is 4.08. The first-order valence-electron chi connectivity index (χ1n) is 3.57. The van der Waals surface area contributed by atoms with Crippen LogP contribution in [0.2, 0.25) is 0 Å². The molecule has 1 rings (SSSR count). The highest BCUT2D eigenvalue weighted by Gasteiger charge is 1.96. The van der Waals surface area contributed by atoms with E-state index < -0.39 is 0 Å².